The maximum atomic E-state index is 11.0. The van der Waals surface area contributed by atoms with Gasteiger partial charge in [-0.25, -0.2) is 9.48 Å². The summed E-state index contributed by atoms with van der Waals surface area (Å²) in [4.78, 5) is 21.5. The first-order valence-electron chi connectivity index (χ1n) is 5.88. The third-order valence-corrected chi connectivity index (χ3v) is 3.12. The molecule has 0 amide bonds. The average molecular weight is 275 g/mol. The fourth-order valence-corrected chi connectivity index (χ4v) is 2.10. The molecule has 0 aliphatic carbocycles. The first-order chi connectivity index (χ1) is 9.32. The minimum atomic E-state index is -1.05. The zero-order valence-electron chi connectivity index (χ0n) is 11.2. The Morgan fingerprint density at radius 3 is 2.50 bits per heavy atom. The highest BCUT2D eigenvalue weighted by molar-refractivity contribution is 5.88. The number of hydrogen-bond donors (Lipinski definition) is 1. The summed E-state index contributed by atoms with van der Waals surface area (Å²) in [5.41, 5.74) is 2.05. The Kier molecular flexibility index (Phi) is 3.27. The van der Waals surface area contributed by atoms with Gasteiger partial charge in [-0.3, -0.25) is 10.1 Å². The number of aromatic nitrogens is 2. The van der Waals surface area contributed by atoms with Crippen molar-refractivity contribution < 1.29 is 14.8 Å². The summed E-state index contributed by atoms with van der Waals surface area (Å²) >= 11 is 0. The third kappa shape index (κ3) is 2.13. The Morgan fingerprint density at radius 1 is 1.35 bits per heavy atom. The van der Waals surface area contributed by atoms with Gasteiger partial charge in [0, 0.05) is 0 Å². The minimum absolute atomic E-state index is 0.0508. The van der Waals surface area contributed by atoms with E-state index in [1.54, 1.807) is 26.8 Å². The van der Waals surface area contributed by atoms with Crippen molar-refractivity contribution in [2.24, 2.45) is 0 Å². The van der Waals surface area contributed by atoms with Gasteiger partial charge in [-0.15, -0.1) is 0 Å². The first kappa shape index (κ1) is 13.7. The van der Waals surface area contributed by atoms with Gasteiger partial charge in [0.1, 0.15) is 11.4 Å². The number of carboxylic acid groups (broad SMARTS) is 1. The maximum absolute atomic E-state index is 11.0. The number of hydrogen-bond acceptors (Lipinski definition) is 4. The lowest BCUT2D eigenvalue weighted by Gasteiger charge is -2.08. The van der Waals surface area contributed by atoms with Gasteiger partial charge in [0.2, 0.25) is 0 Å². The van der Waals surface area contributed by atoms with Gasteiger partial charge in [-0.2, -0.15) is 5.10 Å². The minimum Gasteiger partial charge on any atom is -0.478 e. The number of carboxylic acids is 1. The van der Waals surface area contributed by atoms with E-state index in [4.69, 9.17) is 5.11 Å². The molecule has 0 atom stereocenters. The molecule has 1 aromatic heterocycles. The zero-order chi connectivity index (χ0) is 15.0. The normalized spacial score (nSPS) is 10.6. The maximum Gasteiger partial charge on any atom is 0.335 e. The van der Waals surface area contributed by atoms with Crippen molar-refractivity contribution in [2.75, 3.05) is 0 Å². The summed E-state index contributed by atoms with van der Waals surface area (Å²) in [7, 11) is 0. The van der Waals surface area contributed by atoms with Gasteiger partial charge >= 0.3 is 11.7 Å². The summed E-state index contributed by atoms with van der Waals surface area (Å²) < 4.78 is 1.41. The molecule has 0 fully saturated rings. The molecular formula is C13H13N3O4. The molecule has 2 aromatic rings. The summed E-state index contributed by atoms with van der Waals surface area (Å²) in [6.45, 7) is 4.94. The van der Waals surface area contributed by atoms with Crippen LogP contribution in [0.3, 0.4) is 0 Å². The fourth-order valence-electron chi connectivity index (χ4n) is 2.10. The van der Waals surface area contributed by atoms with Crippen molar-refractivity contribution in [3.05, 3.63) is 50.8 Å². The Hall–Kier alpha value is -2.70. The van der Waals surface area contributed by atoms with Crippen LogP contribution >= 0.6 is 0 Å². The van der Waals surface area contributed by atoms with E-state index >= 15 is 0 Å². The molecule has 104 valence electrons. The topological polar surface area (TPSA) is 98.3 Å². The fraction of sp³-hybridized carbons (Fsp3) is 0.231. The Labute approximate surface area is 114 Å². The molecule has 20 heavy (non-hydrogen) atoms. The van der Waals surface area contributed by atoms with Gasteiger partial charge in [-0.1, -0.05) is 6.07 Å². The Morgan fingerprint density at radius 2 is 2.00 bits per heavy atom. The molecule has 0 saturated heterocycles. The standard InChI is InChI=1S/C13H13N3O4/c1-7-4-5-10(13(17)18)6-11(7)15-9(3)12(16(19)20)8(2)14-15/h4-6H,1-3H3,(H,17,18). The predicted molar refractivity (Wildman–Crippen MR) is 71.4 cm³/mol. The van der Waals surface area contributed by atoms with Crippen LogP contribution in [0.1, 0.15) is 27.3 Å². The van der Waals surface area contributed by atoms with Crippen LogP contribution < -0.4 is 0 Å². The molecule has 1 N–H and O–H groups in total. The summed E-state index contributed by atoms with van der Waals surface area (Å²) in [5, 5.41) is 24.2. The lowest BCUT2D eigenvalue weighted by Crippen LogP contribution is -2.05. The highest BCUT2D eigenvalue weighted by Gasteiger charge is 2.23. The molecule has 1 heterocycles. The van der Waals surface area contributed by atoms with Gasteiger partial charge in [0.25, 0.3) is 0 Å². The van der Waals surface area contributed by atoms with Crippen molar-refractivity contribution in [1.82, 2.24) is 9.78 Å². The molecule has 2 rings (SSSR count). The largest absolute Gasteiger partial charge is 0.478 e. The van der Waals surface area contributed by atoms with Gasteiger partial charge in [0.15, 0.2) is 0 Å². The van der Waals surface area contributed by atoms with E-state index in [9.17, 15) is 14.9 Å². The predicted octanol–water partition coefficient (Wildman–Crippen LogP) is 2.40. The molecular weight excluding hydrogens is 262 g/mol. The molecule has 0 spiro atoms. The second-order valence-electron chi connectivity index (χ2n) is 4.49. The number of carbonyl (C=O) groups is 1. The SMILES string of the molecule is Cc1ccc(C(=O)O)cc1-n1nc(C)c([N+](=O)[O-])c1C. The van der Waals surface area contributed by atoms with E-state index in [0.29, 0.717) is 17.1 Å². The van der Waals surface area contributed by atoms with Gasteiger partial charge in [-0.05, 0) is 38.5 Å². The number of aryl methyl sites for hydroxylation is 2. The van der Waals surface area contributed by atoms with E-state index in [-0.39, 0.29) is 11.3 Å². The van der Waals surface area contributed by atoms with Crippen LogP contribution in [0.2, 0.25) is 0 Å². The van der Waals surface area contributed by atoms with E-state index in [2.05, 4.69) is 5.10 Å². The molecule has 0 radical (unpaired) electrons. The van der Waals surface area contributed by atoms with E-state index < -0.39 is 10.9 Å². The van der Waals surface area contributed by atoms with Gasteiger partial charge in [0.05, 0.1) is 16.2 Å². The van der Waals surface area contributed by atoms with Crippen LogP contribution in [0.25, 0.3) is 5.69 Å². The molecule has 0 saturated carbocycles. The Bertz CT molecular complexity index is 719. The molecule has 0 aliphatic rings. The molecule has 0 bridgehead atoms. The monoisotopic (exact) mass is 275 g/mol. The van der Waals surface area contributed by atoms with Crippen molar-refractivity contribution in [1.29, 1.82) is 0 Å². The number of rotatable bonds is 3. The van der Waals surface area contributed by atoms with Crippen LogP contribution in [0.5, 0.6) is 0 Å². The van der Waals surface area contributed by atoms with Crippen LogP contribution in [-0.4, -0.2) is 25.8 Å². The second-order valence-corrected chi connectivity index (χ2v) is 4.49. The van der Waals surface area contributed by atoms with Crippen molar-refractivity contribution >= 4 is 11.7 Å². The smallest absolute Gasteiger partial charge is 0.335 e. The van der Waals surface area contributed by atoms with Crippen LogP contribution in [0, 0.1) is 30.9 Å². The Balaban J connectivity index is 2.69. The van der Waals surface area contributed by atoms with E-state index in [1.807, 2.05) is 0 Å². The molecule has 0 aliphatic heterocycles. The zero-order valence-corrected chi connectivity index (χ0v) is 11.2. The quantitative estimate of drug-likeness (QED) is 0.685. The highest BCUT2D eigenvalue weighted by Crippen LogP contribution is 2.26. The third-order valence-electron chi connectivity index (χ3n) is 3.12. The van der Waals surface area contributed by atoms with Crippen LogP contribution in [0.4, 0.5) is 5.69 Å². The first-order valence-corrected chi connectivity index (χ1v) is 5.88. The molecule has 1 aromatic carbocycles. The lowest BCUT2D eigenvalue weighted by molar-refractivity contribution is -0.386. The van der Waals surface area contributed by atoms with E-state index in [0.717, 1.165) is 5.56 Å². The number of aromatic carboxylic acids is 1. The second kappa shape index (κ2) is 4.76. The molecule has 7 heteroatoms. The average Bonchev–Trinajstić information content (AvgIpc) is 2.64. The van der Waals surface area contributed by atoms with Crippen LogP contribution in [0.15, 0.2) is 18.2 Å². The summed E-state index contributed by atoms with van der Waals surface area (Å²) in [6, 6.07) is 4.60. The van der Waals surface area contributed by atoms with Crippen molar-refractivity contribution in [2.45, 2.75) is 20.8 Å². The molecule has 7 nitrogen and oxygen atoms in total. The number of nitro groups is 1. The summed E-state index contributed by atoms with van der Waals surface area (Å²) in [5.74, 6) is -1.05. The highest BCUT2D eigenvalue weighted by atomic mass is 16.6. The van der Waals surface area contributed by atoms with Gasteiger partial charge < -0.3 is 5.11 Å². The lowest BCUT2D eigenvalue weighted by atomic mass is 10.1. The van der Waals surface area contributed by atoms with Crippen molar-refractivity contribution in [3.8, 4) is 5.69 Å². The number of nitrogens with zero attached hydrogens (tertiary/aromatic N) is 3. The number of benzene rings is 1. The van der Waals surface area contributed by atoms with E-state index in [1.165, 1.54) is 16.8 Å². The van der Waals surface area contributed by atoms with Crippen LogP contribution in [-0.2, 0) is 0 Å². The summed E-state index contributed by atoms with van der Waals surface area (Å²) in [6.07, 6.45) is 0. The molecule has 0 unspecified atom stereocenters. The van der Waals surface area contributed by atoms with Crippen molar-refractivity contribution in [3.63, 3.8) is 0 Å².